The van der Waals surface area contributed by atoms with E-state index in [1.807, 2.05) is 0 Å². The molecule has 0 N–H and O–H groups in total. The fraction of sp³-hybridized carbons (Fsp3) is 0.333. The predicted molar refractivity (Wildman–Crippen MR) is 57.0 cm³/mol. The summed E-state index contributed by atoms with van der Waals surface area (Å²) in [5.74, 6) is -3.07. The third-order valence-electron chi connectivity index (χ3n) is 2.16. The first-order chi connectivity index (χ1) is 8.14. The first-order valence-electron chi connectivity index (χ1n) is 5.04. The third-order valence-corrected chi connectivity index (χ3v) is 2.16. The Hall–Kier alpha value is -1.85. The van der Waals surface area contributed by atoms with Crippen LogP contribution in [0.25, 0.3) is 0 Å². The highest BCUT2D eigenvalue weighted by Crippen LogP contribution is 2.23. The minimum absolute atomic E-state index is 0.178. The average molecular weight is 260 g/mol. The second-order valence-electron chi connectivity index (χ2n) is 4.09. The highest BCUT2D eigenvalue weighted by atomic mass is 19.4. The van der Waals surface area contributed by atoms with Gasteiger partial charge in [0.05, 0.1) is 0 Å². The molecule has 18 heavy (non-hydrogen) atoms. The molecule has 0 saturated carbocycles. The van der Waals surface area contributed by atoms with Crippen LogP contribution in [0.1, 0.15) is 24.2 Å². The fourth-order valence-electron chi connectivity index (χ4n) is 1.27. The van der Waals surface area contributed by atoms with Gasteiger partial charge in [0.15, 0.2) is 5.60 Å². The second kappa shape index (κ2) is 4.80. The van der Waals surface area contributed by atoms with E-state index in [0.29, 0.717) is 0 Å². The van der Waals surface area contributed by atoms with Gasteiger partial charge in [0.2, 0.25) is 5.78 Å². The molecule has 0 atom stereocenters. The van der Waals surface area contributed by atoms with Gasteiger partial charge in [-0.15, -0.1) is 0 Å². The highest BCUT2D eigenvalue weighted by molar-refractivity contribution is 6.03. The maximum atomic E-state index is 12.1. The lowest BCUT2D eigenvalue weighted by molar-refractivity contribution is -0.207. The molecule has 0 aliphatic carbocycles. The van der Waals surface area contributed by atoms with Crippen LogP contribution in [0.15, 0.2) is 30.3 Å². The van der Waals surface area contributed by atoms with Gasteiger partial charge in [-0.2, -0.15) is 13.2 Å². The van der Waals surface area contributed by atoms with Crippen molar-refractivity contribution in [1.82, 2.24) is 0 Å². The van der Waals surface area contributed by atoms with Gasteiger partial charge in [-0.1, -0.05) is 30.3 Å². The lowest BCUT2D eigenvalue weighted by atomic mass is 9.96. The first kappa shape index (κ1) is 14.2. The molecule has 0 aliphatic rings. The Balaban J connectivity index is 2.88. The van der Waals surface area contributed by atoms with Gasteiger partial charge in [-0.05, 0) is 13.8 Å². The maximum Gasteiger partial charge on any atom is 0.490 e. The summed E-state index contributed by atoms with van der Waals surface area (Å²) in [5.41, 5.74) is -1.69. The molecule has 0 radical (unpaired) electrons. The van der Waals surface area contributed by atoms with Gasteiger partial charge in [-0.25, -0.2) is 4.79 Å². The molecular weight excluding hydrogens is 249 g/mol. The van der Waals surface area contributed by atoms with Crippen LogP contribution in [0, 0.1) is 0 Å². The van der Waals surface area contributed by atoms with E-state index in [0.717, 1.165) is 13.8 Å². The van der Waals surface area contributed by atoms with Crippen molar-refractivity contribution in [2.75, 3.05) is 0 Å². The molecule has 1 aromatic rings. The zero-order valence-corrected chi connectivity index (χ0v) is 9.75. The van der Waals surface area contributed by atoms with Crippen molar-refractivity contribution in [3.8, 4) is 0 Å². The molecule has 0 spiro atoms. The SMILES string of the molecule is CC(C)(OC(=O)C(F)(F)F)C(=O)c1ccccc1. The molecule has 0 heterocycles. The number of hydrogen-bond donors (Lipinski definition) is 0. The van der Waals surface area contributed by atoms with Crippen molar-refractivity contribution in [3.63, 3.8) is 0 Å². The standard InChI is InChI=1S/C12H11F3O3/c1-11(2,18-10(17)12(13,14)15)9(16)8-6-4-3-5-7-8/h3-7H,1-2H3. The summed E-state index contributed by atoms with van der Waals surface area (Å²) in [4.78, 5) is 22.6. The number of carbonyl (C=O) groups excluding carboxylic acids is 2. The molecule has 3 nitrogen and oxygen atoms in total. The van der Waals surface area contributed by atoms with Crippen LogP contribution >= 0.6 is 0 Å². The van der Waals surface area contributed by atoms with Crippen LogP contribution in [0.2, 0.25) is 0 Å². The second-order valence-corrected chi connectivity index (χ2v) is 4.09. The van der Waals surface area contributed by atoms with E-state index in [1.54, 1.807) is 18.2 Å². The summed E-state index contributed by atoms with van der Waals surface area (Å²) in [5, 5.41) is 0. The van der Waals surface area contributed by atoms with E-state index in [9.17, 15) is 22.8 Å². The Morgan fingerprint density at radius 2 is 1.56 bits per heavy atom. The molecular formula is C12H11F3O3. The number of halogens is 3. The number of carbonyl (C=O) groups is 2. The van der Waals surface area contributed by atoms with Gasteiger partial charge < -0.3 is 4.74 Å². The number of hydrogen-bond acceptors (Lipinski definition) is 3. The van der Waals surface area contributed by atoms with Crippen molar-refractivity contribution in [1.29, 1.82) is 0 Å². The fourth-order valence-corrected chi connectivity index (χ4v) is 1.27. The van der Waals surface area contributed by atoms with Gasteiger partial charge in [0.1, 0.15) is 0 Å². The summed E-state index contributed by atoms with van der Waals surface area (Å²) in [6.45, 7) is 2.23. The predicted octanol–water partition coefficient (Wildman–Crippen LogP) is 2.75. The van der Waals surface area contributed by atoms with E-state index in [-0.39, 0.29) is 5.56 Å². The Morgan fingerprint density at radius 1 is 1.06 bits per heavy atom. The van der Waals surface area contributed by atoms with Crippen molar-refractivity contribution >= 4 is 11.8 Å². The summed E-state index contributed by atoms with van der Waals surface area (Å²) >= 11 is 0. The molecule has 0 unspecified atom stereocenters. The highest BCUT2D eigenvalue weighted by Gasteiger charge is 2.45. The van der Waals surface area contributed by atoms with E-state index in [4.69, 9.17) is 0 Å². The van der Waals surface area contributed by atoms with Gasteiger partial charge >= 0.3 is 12.1 Å². The molecule has 0 amide bonds. The Morgan fingerprint density at radius 3 is 2.00 bits per heavy atom. The number of Topliss-reactive ketones (excluding diaryl/α,β-unsaturated/α-hetero) is 1. The Kier molecular flexibility index (Phi) is 3.79. The van der Waals surface area contributed by atoms with Crippen LogP contribution in [-0.4, -0.2) is 23.5 Å². The van der Waals surface area contributed by atoms with Crippen molar-refractivity contribution in [3.05, 3.63) is 35.9 Å². The average Bonchev–Trinajstić information content (AvgIpc) is 2.27. The normalized spacial score (nSPS) is 12.1. The van der Waals surface area contributed by atoms with Gasteiger partial charge in [-0.3, -0.25) is 4.79 Å². The number of rotatable bonds is 3. The summed E-state index contributed by atoms with van der Waals surface area (Å²) < 4.78 is 40.4. The van der Waals surface area contributed by atoms with Crippen LogP contribution in [0.3, 0.4) is 0 Å². The lowest BCUT2D eigenvalue weighted by Crippen LogP contribution is -2.41. The molecule has 6 heteroatoms. The van der Waals surface area contributed by atoms with Gasteiger partial charge in [0, 0.05) is 5.56 Å². The minimum Gasteiger partial charge on any atom is -0.445 e. The summed E-state index contributed by atoms with van der Waals surface area (Å²) in [6.07, 6.45) is -5.12. The summed E-state index contributed by atoms with van der Waals surface area (Å²) in [6, 6.07) is 7.66. The molecule has 0 aromatic heterocycles. The van der Waals surface area contributed by atoms with Crippen molar-refractivity contribution < 1.29 is 27.5 Å². The van der Waals surface area contributed by atoms with Crippen LogP contribution in [0.4, 0.5) is 13.2 Å². The number of esters is 1. The number of ether oxygens (including phenoxy) is 1. The maximum absolute atomic E-state index is 12.1. The quantitative estimate of drug-likeness (QED) is 0.620. The zero-order chi connectivity index (χ0) is 14.0. The van der Waals surface area contributed by atoms with Crippen molar-refractivity contribution in [2.45, 2.75) is 25.6 Å². The van der Waals surface area contributed by atoms with E-state index in [1.165, 1.54) is 12.1 Å². The minimum atomic E-state index is -5.12. The molecule has 1 aromatic carbocycles. The topological polar surface area (TPSA) is 43.4 Å². The molecule has 0 bridgehead atoms. The number of alkyl halides is 3. The third kappa shape index (κ3) is 3.32. The van der Waals surface area contributed by atoms with E-state index < -0.39 is 23.5 Å². The number of ketones is 1. The lowest BCUT2D eigenvalue weighted by Gasteiger charge is -2.24. The molecule has 98 valence electrons. The van der Waals surface area contributed by atoms with E-state index in [2.05, 4.69) is 4.74 Å². The van der Waals surface area contributed by atoms with Crippen molar-refractivity contribution in [2.24, 2.45) is 0 Å². The van der Waals surface area contributed by atoms with E-state index >= 15 is 0 Å². The zero-order valence-electron chi connectivity index (χ0n) is 9.75. The van der Waals surface area contributed by atoms with Gasteiger partial charge in [0.25, 0.3) is 0 Å². The monoisotopic (exact) mass is 260 g/mol. The molecule has 1 rings (SSSR count). The smallest absolute Gasteiger partial charge is 0.445 e. The van der Waals surface area contributed by atoms with Crippen LogP contribution in [-0.2, 0) is 9.53 Å². The molecule has 0 aliphatic heterocycles. The number of benzene rings is 1. The molecule has 0 fully saturated rings. The van der Waals surface area contributed by atoms with Crippen LogP contribution < -0.4 is 0 Å². The Labute approximate surface area is 102 Å². The summed E-state index contributed by atoms with van der Waals surface area (Å²) in [7, 11) is 0. The van der Waals surface area contributed by atoms with Crippen LogP contribution in [0.5, 0.6) is 0 Å². The molecule has 0 saturated heterocycles. The Bertz CT molecular complexity index is 449. The largest absolute Gasteiger partial charge is 0.490 e. The first-order valence-corrected chi connectivity index (χ1v) is 5.04.